The summed E-state index contributed by atoms with van der Waals surface area (Å²) in [6.45, 7) is 4.68. The van der Waals surface area contributed by atoms with E-state index in [1.807, 2.05) is 66.7 Å². The first-order chi connectivity index (χ1) is 13.7. The quantitative estimate of drug-likeness (QED) is 0.421. The van der Waals surface area contributed by atoms with Crippen molar-refractivity contribution in [3.63, 3.8) is 0 Å². The van der Waals surface area contributed by atoms with Crippen LogP contribution in [0.3, 0.4) is 0 Å². The van der Waals surface area contributed by atoms with Gasteiger partial charge in [-0.1, -0.05) is 109 Å². The molecule has 3 aromatic carbocycles. The Bertz CT molecular complexity index is 765. The van der Waals surface area contributed by atoms with Crippen LogP contribution in [0.25, 0.3) is 6.08 Å². The fraction of sp³-hybridized carbons (Fsp3) is 0.154. The Balaban J connectivity index is 0.000000210. The minimum absolute atomic E-state index is 0.973. The second-order valence-corrected chi connectivity index (χ2v) is 6.66. The molecule has 0 amide bonds. The van der Waals surface area contributed by atoms with E-state index in [2.05, 4.69) is 62.0 Å². The van der Waals surface area contributed by atoms with Crippen molar-refractivity contribution in [2.75, 3.05) is 14.1 Å². The molecule has 0 bridgehead atoms. The normalized spacial score (nSPS) is 9.86. The van der Waals surface area contributed by atoms with E-state index < -0.39 is 0 Å². The highest BCUT2D eigenvalue weighted by molar-refractivity contribution is 6.27. The van der Waals surface area contributed by atoms with Gasteiger partial charge < -0.3 is 4.90 Å². The molecule has 0 aliphatic rings. The van der Waals surface area contributed by atoms with Gasteiger partial charge in [0.25, 0.3) is 0 Å². The molecule has 3 aromatic rings. The summed E-state index contributed by atoms with van der Waals surface area (Å²) in [5, 5.41) is 0. The molecule has 0 saturated carbocycles. The van der Waals surface area contributed by atoms with E-state index in [4.69, 9.17) is 11.6 Å². The van der Waals surface area contributed by atoms with Gasteiger partial charge in [-0.15, -0.1) is 6.58 Å². The molecule has 1 nitrogen and oxygen atoms in total. The summed E-state index contributed by atoms with van der Waals surface area (Å²) in [6.07, 6.45) is 4.73. The van der Waals surface area contributed by atoms with Crippen molar-refractivity contribution in [2.24, 2.45) is 0 Å². The van der Waals surface area contributed by atoms with Crippen molar-refractivity contribution < 1.29 is 0 Å². The SMILES string of the molecule is C=CCc1ccccc1.CN(C)Cc1ccccc1.ClC=Cc1ccccc1. The average Bonchev–Trinajstić information content (AvgIpc) is 2.71. The molecule has 0 saturated heterocycles. The second kappa shape index (κ2) is 15.4. The molecule has 0 aromatic heterocycles. The minimum atomic E-state index is 0.973. The first kappa shape index (κ1) is 23.4. The molecule has 0 radical (unpaired) electrons. The fourth-order valence-electron chi connectivity index (χ4n) is 2.37. The lowest BCUT2D eigenvalue weighted by Gasteiger charge is -2.08. The van der Waals surface area contributed by atoms with Gasteiger partial charge in [0.05, 0.1) is 0 Å². The van der Waals surface area contributed by atoms with Crippen LogP contribution in [0.5, 0.6) is 0 Å². The van der Waals surface area contributed by atoms with Crippen molar-refractivity contribution in [2.45, 2.75) is 13.0 Å². The molecule has 0 unspecified atom stereocenters. The highest BCUT2D eigenvalue weighted by atomic mass is 35.5. The van der Waals surface area contributed by atoms with E-state index in [1.54, 1.807) is 0 Å². The van der Waals surface area contributed by atoms with Crippen LogP contribution in [0, 0.1) is 0 Å². The van der Waals surface area contributed by atoms with Crippen LogP contribution in [-0.2, 0) is 13.0 Å². The first-order valence-corrected chi connectivity index (χ1v) is 9.74. The van der Waals surface area contributed by atoms with Gasteiger partial charge in [0.2, 0.25) is 0 Å². The highest BCUT2D eigenvalue weighted by Gasteiger charge is 1.90. The molecule has 0 aliphatic carbocycles. The zero-order valence-electron chi connectivity index (χ0n) is 16.8. The summed E-state index contributed by atoms with van der Waals surface area (Å²) in [7, 11) is 4.15. The number of halogens is 1. The molecule has 0 aliphatic heterocycles. The monoisotopic (exact) mass is 391 g/mol. The summed E-state index contributed by atoms with van der Waals surface area (Å²) in [5.41, 5.74) is 5.34. The molecule has 28 heavy (non-hydrogen) atoms. The Kier molecular flexibility index (Phi) is 12.9. The van der Waals surface area contributed by atoms with Gasteiger partial charge in [0.1, 0.15) is 0 Å². The zero-order valence-corrected chi connectivity index (χ0v) is 17.6. The summed E-state index contributed by atoms with van der Waals surface area (Å²) in [6, 6.07) is 30.7. The van der Waals surface area contributed by atoms with Crippen LogP contribution >= 0.6 is 11.6 Å². The maximum atomic E-state index is 5.36. The van der Waals surface area contributed by atoms with Crippen molar-refractivity contribution in [3.8, 4) is 0 Å². The van der Waals surface area contributed by atoms with Crippen molar-refractivity contribution in [1.29, 1.82) is 0 Å². The van der Waals surface area contributed by atoms with Gasteiger partial charge in [0, 0.05) is 12.1 Å². The number of hydrogen-bond donors (Lipinski definition) is 0. The molecule has 0 spiro atoms. The van der Waals surface area contributed by atoms with E-state index in [0.717, 1.165) is 18.5 Å². The molecule has 0 N–H and O–H groups in total. The van der Waals surface area contributed by atoms with Crippen LogP contribution < -0.4 is 0 Å². The van der Waals surface area contributed by atoms with E-state index in [9.17, 15) is 0 Å². The smallest absolute Gasteiger partial charge is 0.0227 e. The third-order valence-corrected chi connectivity index (χ3v) is 3.75. The summed E-state index contributed by atoms with van der Waals surface area (Å²) < 4.78 is 0. The lowest BCUT2D eigenvalue weighted by molar-refractivity contribution is 0.402. The number of nitrogens with zero attached hydrogens (tertiary/aromatic N) is 1. The summed E-state index contributed by atoms with van der Waals surface area (Å²) >= 11 is 5.36. The van der Waals surface area contributed by atoms with Crippen LogP contribution in [0.2, 0.25) is 0 Å². The third-order valence-electron chi connectivity index (χ3n) is 3.62. The van der Waals surface area contributed by atoms with Crippen LogP contribution in [-0.4, -0.2) is 19.0 Å². The highest BCUT2D eigenvalue weighted by Crippen LogP contribution is 2.01. The maximum absolute atomic E-state index is 5.36. The predicted molar refractivity (Wildman–Crippen MR) is 126 cm³/mol. The van der Waals surface area contributed by atoms with Crippen molar-refractivity contribution in [1.82, 2.24) is 4.90 Å². The van der Waals surface area contributed by atoms with Crippen LogP contribution in [0.4, 0.5) is 0 Å². The fourth-order valence-corrected chi connectivity index (χ4v) is 2.51. The third kappa shape index (κ3) is 11.9. The lowest BCUT2D eigenvalue weighted by atomic mass is 10.2. The molecule has 2 heteroatoms. The van der Waals surface area contributed by atoms with Crippen molar-refractivity contribution in [3.05, 3.63) is 126 Å². The standard InChI is InChI=1S/C9H13N.C9H10.C8H7Cl/c1-10(2)8-9-6-4-3-5-7-9;1-2-6-9-7-4-3-5-8-9;9-7-6-8-4-2-1-3-5-8/h3-7H,8H2,1-2H3;2-5,7-8H,1,6H2;1-7H. The Morgan fingerprint density at radius 3 is 1.64 bits per heavy atom. The van der Waals surface area contributed by atoms with E-state index in [-0.39, 0.29) is 0 Å². The van der Waals surface area contributed by atoms with E-state index in [1.165, 1.54) is 16.7 Å². The first-order valence-electron chi connectivity index (χ1n) is 9.31. The Hall–Kier alpha value is -2.61. The van der Waals surface area contributed by atoms with Gasteiger partial charge in [-0.05, 0) is 43.3 Å². The maximum Gasteiger partial charge on any atom is 0.0227 e. The molecule has 0 fully saturated rings. The van der Waals surface area contributed by atoms with Gasteiger partial charge in [-0.2, -0.15) is 0 Å². The molecule has 0 atom stereocenters. The number of rotatable bonds is 5. The topological polar surface area (TPSA) is 3.24 Å². The van der Waals surface area contributed by atoms with Gasteiger partial charge in [-0.3, -0.25) is 0 Å². The van der Waals surface area contributed by atoms with Gasteiger partial charge in [-0.25, -0.2) is 0 Å². The predicted octanol–water partition coefficient (Wildman–Crippen LogP) is 7.06. The second-order valence-electron chi connectivity index (χ2n) is 6.41. The van der Waals surface area contributed by atoms with Crippen LogP contribution in [0.1, 0.15) is 16.7 Å². The number of benzene rings is 3. The van der Waals surface area contributed by atoms with Gasteiger partial charge >= 0.3 is 0 Å². The van der Waals surface area contributed by atoms with Crippen LogP contribution in [0.15, 0.2) is 109 Å². The molecule has 0 heterocycles. The minimum Gasteiger partial charge on any atom is -0.305 e. The largest absolute Gasteiger partial charge is 0.305 e. The average molecular weight is 392 g/mol. The lowest BCUT2D eigenvalue weighted by Crippen LogP contribution is -2.10. The summed E-state index contributed by atoms with van der Waals surface area (Å²) in [5.74, 6) is 0. The summed E-state index contributed by atoms with van der Waals surface area (Å²) in [4.78, 5) is 2.16. The van der Waals surface area contributed by atoms with E-state index >= 15 is 0 Å². The Morgan fingerprint density at radius 2 is 1.21 bits per heavy atom. The van der Waals surface area contributed by atoms with Crippen molar-refractivity contribution >= 4 is 17.7 Å². The number of hydrogen-bond acceptors (Lipinski definition) is 1. The number of allylic oxidation sites excluding steroid dienone is 1. The zero-order chi connectivity index (χ0) is 20.5. The molecular weight excluding hydrogens is 362 g/mol. The van der Waals surface area contributed by atoms with Gasteiger partial charge in [0.15, 0.2) is 0 Å². The molecule has 3 rings (SSSR count). The molecular formula is C26H30ClN. The Morgan fingerprint density at radius 1 is 0.750 bits per heavy atom. The Labute approximate surface area is 175 Å². The van der Waals surface area contributed by atoms with E-state index in [0.29, 0.717) is 0 Å². The molecule has 146 valence electrons.